The van der Waals surface area contributed by atoms with Crippen molar-refractivity contribution in [3.05, 3.63) is 0 Å². The van der Waals surface area contributed by atoms with E-state index in [0.29, 0.717) is 0 Å². The van der Waals surface area contributed by atoms with Crippen molar-refractivity contribution in [2.45, 2.75) is 57.3 Å². The summed E-state index contributed by atoms with van der Waals surface area (Å²) in [5, 5.41) is 8.99. The molecule has 1 rings (SSSR count). The summed E-state index contributed by atoms with van der Waals surface area (Å²) in [6.45, 7) is 4.72. The molecule has 1 N–H and O–H groups in total. The molecule has 1 fully saturated rings. The number of aliphatic hydroxyl groups excluding tert-OH is 1. The van der Waals surface area contributed by atoms with Gasteiger partial charge in [-0.3, -0.25) is 4.90 Å². The van der Waals surface area contributed by atoms with Crippen molar-refractivity contribution in [3.8, 4) is 0 Å². The summed E-state index contributed by atoms with van der Waals surface area (Å²) in [5.41, 5.74) is -2.15. The molecule has 0 radical (unpaired) electrons. The van der Waals surface area contributed by atoms with Gasteiger partial charge in [-0.15, -0.1) is 0 Å². The van der Waals surface area contributed by atoms with Gasteiger partial charge in [0.25, 0.3) is 0 Å². The summed E-state index contributed by atoms with van der Waals surface area (Å²) in [5.74, 6) is -0.679. The Morgan fingerprint density at radius 3 is 2.52 bits per heavy atom. The number of ether oxygens (including phenoxy) is 2. The van der Waals surface area contributed by atoms with Gasteiger partial charge in [-0.05, 0) is 33.6 Å². The number of esters is 1. The number of hydrogen-bond acceptors (Lipinski definition) is 5. The van der Waals surface area contributed by atoms with Gasteiger partial charge in [0, 0.05) is 13.0 Å². The number of likely N-dealkylation sites (tertiary alicyclic amines) is 1. The lowest BCUT2D eigenvalue weighted by molar-refractivity contribution is -0.154. The fraction of sp³-hybridized carbons (Fsp3) is 0.857. The number of aliphatic hydroxyl groups is 1. The van der Waals surface area contributed by atoms with Gasteiger partial charge in [0.2, 0.25) is 0 Å². The molecular weight excluding hydrogens is 281 g/mol. The predicted molar refractivity (Wildman–Crippen MR) is 73.5 cm³/mol. The molecule has 1 saturated heterocycles. The Morgan fingerprint density at radius 2 is 2.05 bits per heavy atom. The van der Waals surface area contributed by atoms with Crippen molar-refractivity contribution in [2.75, 3.05) is 20.3 Å². The molecule has 7 heteroatoms. The number of methoxy groups -OCH3 is 1. The van der Waals surface area contributed by atoms with Crippen LogP contribution >= 0.6 is 0 Å². The van der Waals surface area contributed by atoms with E-state index in [4.69, 9.17) is 14.6 Å². The minimum atomic E-state index is -1.40. The second-order valence-electron chi connectivity index (χ2n) is 6.24. The molecule has 21 heavy (non-hydrogen) atoms. The molecule has 0 aromatic rings. The number of alkyl halides is 1. The quantitative estimate of drug-likeness (QED) is 0.799. The molecule has 0 aliphatic carbocycles. The molecule has 2 atom stereocenters. The Labute approximate surface area is 124 Å². The zero-order valence-corrected chi connectivity index (χ0v) is 13.0. The summed E-state index contributed by atoms with van der Waals surface area (Å²) >= 11 is 0. The third-order valence-corrected chi connectivity index (χ3v) is 3.38. The van der Waals surface area contributed by atoms with Gasteiger partial charge in [-0.1, -0.05) is 0 Å². The van der Waals surface area contributed by atoms with E-state index < -0.39 is 29.4 Å². The Hall–Kier alpha value is -1.37. The number of carbonyl (C=O) groups is 2. The molecule has 1 heterocycles. The Morgan fingerprint density at radius 1 is 1.43 bits per heavy atom. The monoisotopic (exact) mass is 305 g/mol. The Balaban J connectivity index is 3.06. The molecule has 1 amide bonds. The second kappa shape index (κ2) is 6.60. The minimum Gasteiger partial charge on any atom is -0.467 e. The molecular formula is C14H24FNO5. The lowest BCUT2D eigenvalue weighted by Gasteiger charge is -2.36. The summed E-state index contributed by atoms with van der Waals surface area (Å²) in [6, 6.07) is 0. The van der Waals surface area contributed by atoms with Crippen LogP contribution in [0.3, 0.4) is 0 Å². The number of nitrogens with zero attached hydrogens (tertiary/aromatic N) is 1. The molecule has 0 aromatic heterocycles. The first kappa shape index (κ1) is 17.7. The van der Waals surface area contributed by atoms with Crippen LogP contribution in [0.4, 0.5) is 9.18 Å². The van der Waals surface area contributed by atoms with E-state index in [1.807, 2.05) is 0 Å². The van der Waals surface area contributed by atoms with Crippen LogP contribution in [-0.4, -0.2) is 59.6 Å². The third kappa shape index (κ3) is 4.06. The van der Waals surface area contributed by atoms with Gasteiger partial charge < -0.3 is 14.6 Å². The highest BCUT2D eigenvalue weighted by molar-refractivity contribution is 5.86. The average Bonchev–Trinajstić information content (AvgIpc) is 2.71. The van der Waals surface area contributed by atoms with Gasteiger partial charge in [-0.2, -0.15) is 0 Å². The van der Waals surface area contributed by atoms with Gasteiger partial charge in [-0.25, -0.2) is 14.0 Å². The van der Waals surface area contributed by atoms with Crippen molar-refractivity contribution in [3.63, 3.8) is 0 Å². The molecule has 1 aliphatic heterocycles. The standard InChI is InChI=1S/C14H24FNO5/c1-13(2,3)21-12(19)16-9-10(15)8-14(16,6-5-7-17)11(18)20-4/h10,17H,5-9H2,1-4H3/t10-,14-/m0/s1. The molecule has 0 spiro atoms. The van der Waals surface area contributed by atoms with E-state index in [0.717, 1.165) is 4.90 Å². The number of rotatable bonds is 4. The smallest absolute Gasteiger partial charge is 0.411 e. The third-order valence-electron chi connectivity index (χ3n) is 3.38. The zero-order valence-electron chi connectivity index (χ0n) is 13.0. The first-order chi connectivity index (χ1) is 9.66. The fourth-order valence-corrected chi connectivity index (χ4v) is 2.57. The van der Waals surface area contributed by atoms with Crippen molar-refractivity contribution in [2.24, 2.45) is 0 Å². The van der Waals surface area contributed by atoms with E-state index >= 15 is 0 Å². The SMILES string of the molecule is COC(=O)[C@]1(CCCO)C[C@H](F)CN1C(=O)OC(C)(C)C. The number of carbonyl (C=O) groups excluding carboxylic acids is 2. The van der Waals surface area contributed by atoms with E-state index in [1.54, 1.807) is 20.8 Å². The first-order valence-corrected chi connectivity index (χ1v) is 7.00. The summed E-state index contributed by atoms with van der Waals surface area (Å²) < 4.78 is 23.9. The number of hydrogen-bond donors (Lipinski definition) is 1. The predicted octanol–water partition coefficient (Wildman–Crippen LogP) is 1.65. The van der Waals surface area contributed by atoms with Crippen LogP contribution in [0.1, 0.15) is 40.0 Å². The summed E-state index contributed by atoms with van der Waals surface area (Å²) in [4.78, 5) is 25.5. The lowest BCUT2D eigenvalue weighted by atomic mass is 9.90. The maximum absolute atomic E-state index is 13.9. The number of amides is 1. The van der Waals surface area contributed by atoms with Crippen LogP contribution in [0.15, 0.2) is 0 Å². The summed E-state index contributed by atoms with van der Waals surface area (Å²) in [6.07, 6.45) is -1.81. The Kier molecular flexibility index (Phi) is 5.55. The van der Waals surface area contributed by atoms with Gasteiger partial charge in [0.1, 0.15) is 17.3 Å². The van der Waals surface area contributed by atoms with Crippen molar-refractivity contribution >= 4 is 12.1 Å². The second-order valence-corrected chi connectivity index (χ2v) is 6.24. The van der Waals surface area contributed by atoms with E-state index in [1.165, 1.54) is 7.11 Å². The van der Waals surface area contributed by atoms with Crippen molar-refractivity contribution < 1.29 is 28.6 Å². The van der Waals surface area contributed by atoms with Crippen LogP contribution in [0.2, 0.25) is 0 Å². The molecule has 0 bridgehead atoms. The highest BCUT2D eigenvalue weighted by Gasteiger charge is 2.55. The molecule has 122 valence electrons. The summed E-state index contributed by atoms with van der Waals surface area (Å²) in [7, 11) is 1.20. The minimum absolute atomic E-state index is 0.135. The first-order valence-electron chi connectivity index (χ1n) is 7.00. The molecule has 6 nitrogen and oxygen atoms in total. The molecule has 1 aliphatic rings. The van der Waals surface area contributed by atoms with E-state index in [2.05, 4.69) is 0 Å². The van der Waals surface area contributed by atoms with E-state index in [-0.39, 0.29) is 32.4 Å². The van der Waals surface area contributed by atoms with Crippen molar-refractivity contribution in [1.82, 2.24) is 4.90 Å². The number of halogens is 1. The van der Waals surface area contributed by atoms with Crippen LogP contribution in [0.25, 0.3) is 0 Å². The van der Waals surface area contributed by atoms with Gasteiger partial charge >= 0.3 is 12.1 Å². The van der Waals surface area contributed by atoms with Crippen LogP contribution in [0.5, 0.6) is 0 Å². The molecule has 0 saturated carbocycles. The fourth-order valence-electron chi connectivity index (χ4n) is 2.57. The topological polar surface area (TPSA) is 76.1 Å². The maximum atomic E-state index is 13.9. The highest BCUT2D eigenvalue weighted by atomic mass is 19.1. The van der Waals surface area contributed by atoms with Crippen LogP contribution in [-0.2, 0) is 14.3 Å². The lowest BCUT2D eigenvalue weighted by Crippen LogP contribution is -2.54. The van der Waals surface area contributed by atoms with Crippen LogP contribution in [0, 0.1) is 0 Å². The van der Waals surface area contributed by atoms with Gasteiger partial charge in [0.15, 0.2) is 0 Å². The maximum Gasteiger partial charge on any atom is 0.411 e. The molecule has 0 aromatic carbocycles. The normalized spacial score (nSPS) is 25.8. The van der Waals surface area contributed by atoms with Gasteiger partial charge in [0.05, 0.1) is 13.7 Å². The molecule has 0 unspecified atom stereocenters. The highest BCUT2D eigenvalue weighted by Crippen LogP contribution is 2.37. The average molecular weight is 305 g/mol. The Bertz CT molecular complexity index is 395. The van der Waals surface area contributed by atoms with Crippen molar-refractivity contribution in [1.29, 1.82) is 0 Å². The van der Waals surface area contributed by atoms with Crippen LogP contribution < -0.4 is 0 Å². The zero-order chi connectivity index (χ0) is 16.3. The largest absolute Gasteiger partial charge is 0.467 e. The van der Waals surface area contributed by atoms with E-state index in [9.17, 15) is 14.0 Å².